The fraction of sp³-hybridized carbons (Fsp3) is 0.375. The maximum absolute atomic E-state index is 15.3. The number of halogens is 2. The van der Waals surface area contributed by atoms with E-state index in [1.54, 1.807) is 18.2 Å². The standard InChI is InChI=1S/C24H25F2N5O/c1-14-13-31(15(2)12-30(14)16(3)17-5-7-18(25)8-6-17)23-21(26)24(32)29(4)20-10-9-19(11-27)28-22(20)23/h5-10,14-16H,12-13H2,1-4H3/t14-,15+,16?/m1/s1. The van der Waals surface area contributed by atoms with Gasteiger partial charge in [-0.25, -0.2) is 9.37 Å². The lowest BCUT2D eigenvalue weighted by atomic mass is 10.00. The summed E-state index contributed by atoms with van der Waals surface area (Å²) in [6.45, 7) is 7.20. The predicted octanol–water partition coefficient (Wildman–Crippen LogP) is 3.74. The summed E-state index contributed by atoms with van der Waals surface area (Å²) in [5, 5.41) is 9.29. The summed E-state index contributed by atoms with van der Waals surface area (Å²) in [6, 6.07) is 11.6. The third-order valence-electron chi connectivity index (χ3n) is 6.45. The number of fused-ring (bicyclic) bond motifs is 1. The van der Waals surface area contributed by atoms with Crippen molar-refractivity contribution in [1.29, 1.82) is 5.26 Å². The van der Waals surface area contributed by atoms with Gasteiger partial charge in [-0.15, -0.1) is 0 Å². The summed E-state index contributed by atoms with van der Waals surface area (Å²) in [7, 11) is 1.50. The fourth-order valence-corrected chi connectivity index (χ4v) is 4.62. The Balaban J connectivity index is 1.74. The molecular weight excluding hydrogens is 412 g/mol. The number of nitrogens with zero attached hydrogens (tertiary/aromatic N) is 5. The molecule has 166 valence electrons. The Morgan fingerprint density at radius 2 is 1.78 bits per heavy atom. The van der Waals surface area contributed by atoms with Crippen molar-refractivity contribution in [2.24, 2.45) is 7.05 Å². The minimum atomic E-state index is -0.860. The lowest BCUT2D eigenvalue weighted by Gasteiger charge is -2.47. The van der Waals surface area contributed by atoms with Crippen molar-refractivity contribution >= 4 is 16.7 Å². The van der Waals surface area contributed by atoms with E-state index in [-0.39, 0.29) is 35.3 Å². The first kappa shape index (κ1) is 21.9. The van der Waals surface area contributed by atoms with E-state index in [4.69, 9.17) is 0 Å². The Morgan fingerprint density at radius 3 is 2.44 bits per heavy atom. The van der Waals surface area contributed by atoms with Gasteiger partial charge in [0.15, 0.2) is 0 Å². The van der Waals surface area contributed by atoms with Crippen LogP contribution in [0.15, 0.2) is 41.2 Å². The molecule has 0 bridgehead atoms. The molecule has 1 unspecified atom stereocenters. The van der Waals surface area contributed by atoms with Gasteiger partial charge in [-0.2, -0.15) is 9.65 Å². The minimum absolute atomic E-state index is 0.0314. The van der Waals surface area contributed by atoms with E-state index in [1.807, 2.05) is 24.8 Å². The summed E-state index contributed by atoms with van der Waals surface area (Å²) in [5.74, 6) is -1.13. The van der Waals surface area contributed by atoms with Crippen molar-refractivity contribution in [2.75, 3.05) is 18.0 Å². The van der Waals surface area contributed by atoms with Crippen molar-refractivity contribution < 1.29 is 8.78 Å². The lowest BCUT2D eigenvalue weighted by molar-refractivity contribution is 0.119. The zero-order chi connectivity index (χ0) is 23.2. The molecule has 1 aromatic carbocycles. The zero-order valence-electron chi connectivity index (χ0n) is 18.5. The van der Waals surface area contributed by atoms with Crippen LogP contribution in [-0.2, 0) is 7.05 Å². The monoisotopic (exact) mass is 437 g/mol. The van der Waals surface area contributed by atoms with Gasteiger partial charge < -0.3 is 9.47 Å². The van der Waals surface area contributed by atoms with Gasteiger partial charge in [0.2, 0.25) is 5.82 Å². The van der Waals surface area contributed by atoms with Gasteiger partial charge in [0.05, 0.1) is 5.52 Å². The number of benzene rings is 1. The number of anilines is 1. The molecule has 8 heteroatoms. The Labute approximate surface area is 185 Å². The van der Waals surface area contributed by atoms with Crippen molar-refractivity contribution in [3.05, 3.63) is 69.6 Å². The van der Waals surface area contributed by atoms with E-state index in [9.17, 15) is 14.4 Å². The van der Waals surface area contributed by atoms with E-state index < -0.39 is 11.4 Å². The quantitative estimate of drug-likeness (QED) is 0.625. The van der Waals surface area contributed by atoms with Gasteiger partial charge in [-0.3, -0.25) is 9.69 Å². The summed E-state index contributed by atoms with van der Waals surface area (Å²) in [4.78, 5) is 21.1. The van der Waals surface area contributed by atoms with Gasteiger partial charge in [0.1, 0.15) is 28.8 Å². The Kier molecular flexibility index (Phi) is 5.70. The van der Waals surface area contributed by atoms with E-state index in [0.717, 1.165) is 5.56 Å². The molecule has 4 rings (SSSR count). The van der Waals surface area contributed by atoms with Gasteiger partial charge in [0, 0.05) is 38.3 Å². The van der Waals surface area contributed by atoms with Gasteiger partial charge in [0.25, 0.3) is 5.56 Å². The second-order valence-electron chi connectivity index (χ2n) is 8.48. The van der Waals surface area contributed by atoms with Crippen LogP contribution in [0.3, 0.4) is 0 Å². The van der Waals surface area contributed by atoms with E-state index >= 15 is 4.39 Å². The second-order valence-corrected chi connectivity index (χ2v) is 8.48. The highest BCUT2D eigenvalue weighted by molar-refractivity contribution is 5.89. The van der Waals surface area contributed by atoms with Crippen molar-refractivity contribution in [1.82, 2.24) is 14.5 Å². The third kappa shape index (κ3) is 3.63. The Morgan fingerprint density at radius 1 is 1.09 bits per heavy atom. The molecule has 1 saturated heterocycles. The van der Waals surface area contributed by atoms with Crippen LogP contribution in [0.25, 0.3) is 11.0 Å². The van der Waals surface area contributed by atoms with Crippen LogP contribution >= 0.6 is 0 Å². The number of hydrogen-bond donors (Lipinski definition) is 0. The van der Waals surface area contributed by atoms with Crippen LogP contribution in [0, 0.1) is 23.0 Å². The van der Waals surface area contributed by atoms with Crippen molar-refractivity contribution in [3.8, 4) is 6.07 Å². The van der Waals surface area contributed by atoms with Gasteiger partial charge >= 0.3 is 0 Å². The number of aromatic nitrogens is 2. The van der Waals surface area contributed by atoms with Crippen LogP contribution in [0.4, 0.5) is 14.5 Å². The molecule has 1 fully saturated rings. The Hall–Kier alpha value is -3.31. The first-order valence-electron chi connectivity index (χ1n) is 10.6. The third-order valence-corrected chi connectivity index (χ3v) is 6.45. The lowest BCUT2D eigenvalue weighted by Crippen LogP contribution is -2.57. The van der Waals surface area contributed by atoms with Crippen LogP contribution in [0.1, 0.15) is 38.1 Å². The topological polar surface area (TPSA) is 65.2 Å². The average molecular weight is 437 g/mol. The molecular formula is C24H25F2N5O. The number of hydrogen-bond acceptors (Lipinski definition) is 5. The molecule has 0 radical (unpaired) electrons. The summed E-state index contributed by atoms with van der Waals surface area (Å²) >= 11 is 0. The minimum Gasteiger partial charge on any atom is -0.362 e. The first-order valence-corrected chi connectivity index (χ1v) is 10.6. The molecule has 1 aliphatic rings. The number of pyridine rings is 2. The fourth-order valence-electron chi connectivity index (χ4n) is 4.62. The second kappa shape index (κ2) is 8.32. The number of nitriles is 1. The maximum Gasteiger partial charge on any atom is 0.289 e. The highest BCUT2D eigenvalue weighted by Crippen LogP contribution is 2.33. The van der Waals surface area contributed by atoms with Crippen LogP contribution < -0.4 is 10.5 Å². The first-order chi connectivity index (χ1) is 15.2. The Bertz CT molecular complexity index is 1260. The number of piperazine rings is 1. The molecule has 3 aromatic rings. The van der Waals surface area contributed by atoms with Gasteiger partial charge in [-0.1, -0.05) is 12.1 Å². The molecule has 0 saturated carbocycles. The number of rotatable bonds is 3. The molecule has 32 heavy (non-hydrogen) atoms. The largest absolute Gasteiger partial charge is 0.362 e. The molecule has 3 heterocycles. The van der Waals surface area contributed by atoms with Crippen LogP contribution in [0.5, 0.6) is 0 Å². The van der Waals surface area contributed by atoms with Crippen LogP contribution in [-0.4, -0.2) is 39.6 Å². The number of aryl methyl sites for hydroxylation is 1. The smallest absolute Gasteiger partial charge is 0.289 e. The highest BCUT2D eigenvalue weighted by Gasteiger charge is 2.35. The normalized spacial score (nSPS) is 20.3. The molecule has 0 N–H and O–H groups in total. The summed E-state index contributed by atoms with van der Waals surface area (Å²) in [5.41, 5.74) is 1.38. The van der Waals surface area contributed by atoms with Gasteiger partial charge in [-0.05, 0) is 50.6 Å². The molecule has 0 amide bonds. The maximum atomic E-state index is 15.3. The average Bonchev–Trinajstić information content (AvgIpc) is 2.79. The molecule has 0 spiro atoms. The molecule has 3 atom stereocenters. The predicted molar refractivity (Wildman–Crippen MR) is 119 cm³/mol. The highest BCUT2D eigenvalue weighted by atomic mass is 19.1. The molecule has 1 aliphatic heterocycles. The van der Waals surface area contributed by atoms with E-state index in [0.29, 0.717) is 24.1 Å². The molecule has 6 nitrogen and oxygen atoms in total. The summed E-state index contributed by atoms with van der Waals surface area (Å²) in [6.07, 6.45) is 0. The van der Waals surface area contributed by atoms with Crippen molar-refractivity contribution in [3.63, 3.8) is 0 Å². The van der Waals surface area contributed by atoms with Crippen LogP contribution in [0.2, 0.25) is 0 Å². The van der Waals surface area contributed by atoms with Crippen molar-refractivity contribution in [2.45, 2.75) is 38.9 Å². The molecule has 0 aliphatic carbocycles. The van der Waals surface area contributed by atoms with E-state index in [2.05, 4.69) is 16.8 Å². The zero-order valence-corrected chi connectivity index (χ0v) is 18.5. The SMILES string of the molecule is CC(c1ccc(F)cc1)N1C[C@H](C)N(c2c(F)c(=O)n(C)c3ccc(C#N)nc23)C[C@H]1C. The van der Waals surface area contributed by atoms with E-state index in [1.165, 1.54) is 29.8 Å². The molecule has 2 aromatic heterocycles. The summed E-state index contributed by atoms with van der Waals surface area (Å²) < 4.78 is 29.9.